The van der Waals surface area contributed by atoms with Crippen LogP contribution in [0.15, 0.2) is 12.2 Å². The van der Waals surface area contributed by atoms with Crippen molar-refractivity contribution in [2.24, 2.45) is 56.7 Å². The Hall–Kier alpha value is -0.790. The van der Waals surface area contributed by atoms with Gasteiger partial charge in [-0.15, -0.1) is 0 Å². The van der Waals surface area contributed by atoms with E-state index in [4.69, 9.17) is 0 Å². The van der Waals surface area contributed by atoms with Gasteiger partial charge in [0.05, 0.1) is 5.41 Å². The van der Waals surface area contributed by atoms with Gasteiger partial charge in [-0.1, -0.05) is 46.3 Å². The summed E-state index contributed by atoms with van der Waals surface area (Å²) in [5, 5.41) is 10.3. The zero-order valence-corrected chi connectivity index (χ0v) is 21.7. The maximum Gasteiger partial charge on any atom is 0.309 e. The zero-order valence-electron chi connectivity index (χ0n) is 21.7. The van der Waals surface area contributed by atoms with E-state index in [9.17, 15) is 9.90 Å². The molecule has 5 fully saturated rings. The monoisotopic (exact) mass is 440 g/mol. The number of hydrogen-bond donors (Lipinski definition) is 1. The molecule has 180 valence electrons. The molecule has 0 aromatic carbocycles. The van der Waals surface area contributed by atoms with E-state index < -0.39 is 11.4 Å². The minimum Gasteiger partial charge on any atom is -0.481 e. The van der Waals surface area contributed by atoms with Gasteiger partial charge in [0.2, 0.25) is 0 Å². The van der Waals surface area contributed by atoms with Crippen molar-refractivity contribution in [3.05, 3.63) is 12.2 Å². The Morgan fingerprint density at radius 3 is 2.19 bits per heavy atom. The first kappa shape index (κ1) is 23.0. The smallest absolute Gasteiger partial charge is 0.309 e. The second kappa shape index (κ2) is 6.88. The summed E-state index contributed by atoms with van der Waals surface area (Å²) in [6.07, 6.45) is 13.7. The van der Waals surface area contributed by atoms with Gasteiger partial charge in [-0.2, -0.15) is 0 Å². The lowest BCUT2D eigenvalue weighted by Crippen LogP contribution is -2.66. The molecular formula is C30H48O2. The van der Waals surface area contributed by atoms with Crippen LogP contribution < -0.4 is 0 Å². The molecule has 0 spiro atoms. The average molecular weight is 441 g/mol. The lowest BCUT2D eigenvalue weighted by molar-refractivity contribution is -0.238. The maximum absolute atomic E-state index is 12.5. The molecule has 0 heterocycles. The Bertz CT molecular complexity index is 831. The van der Waals surface area contributed by atoms with Gasteiger partial charge in [-0.05, 0) is 129 Å². The van der Waals surface area contributed by atoms with Gasteiger partial charge >= 0.3 is 5.97 Å². The van der Waals surface area contributed by atoms with E-state index in [1.807, 2.05) is 0 Å². The van der Waals surface area contributed by atoms with Gasteiger partial charge in [0.25, 0.3) is 0 Å². The molecule has 5 aliphatic carbocycles. The molecular weight excluding hydrogens is 392 g/mol. The molecule has 0 bridgehead atoms. The Morgan fingerprint density at radius 2 is 1.53 bits per heavy atom. The van der Waals surface area contributed by atoms with E-state index in [-0.39, 0.29) is 5.41 Å². The Labute approximate surface area is 197 Å². The molecule has 0 aliphatic heterocycles. The van der Waals surface area contributed by atoms with Crippen LogP contribution in [-0.4, -0.2) is 11.1 Å². The quantitative estimate of drug-likeness (QED) is 0.440. The van der Waals surface area contributed by atoms with Crippen LogP contribution in [-0.2, 0) is 4.79 Å². The lowest BCUT2D eigenvalue weighted by atomic mass is 9.32. The number of rotatable bonds is 2. The summed E-state index contributed by atoms with van der Waals surface area (Å²) in [5.74, 6) is 2.78. The molecule has 0 aromatic rings. The first-order valence-electron chi connectivity index (χ1n) is 13.7. The molecule has 5 rings (SSSR count). The Kier molecular flexibility index (Phi) is 4.94. The van der Waals surface area contributed by atoms with Crippen molar-refractivity contribution < 1.29 is 9.90 Å². The topological polar surface area (TPSA) is 37.3 Å². The highest BCUT2D eigenvalue weighted by molar-refractivity contribution is 5.75. The summed E-state index contributed by atoms with van der Waals surface area (Å²) < 4.78 is 0. The van der Waals surface area contributed by atoms with Gasteiger partial charge in [-0.25, -0.2) is 0 Å². The van der Waals surface area contributed by atoms with Crippen molar-refractivity contribution in [1.82, 2.24) is 0 Å². The predicted molar refractivity (Wildman–Crippen MR) is 131 cm³/mol. The zero-order chi connectivity index (χ0) is 23.3. The van der Waals surface area contributed by atoms with Crippen LogP contribution in [0.2, 0.25) is 0 Å². The van der Waals surface area contributed by atoms with Crippen molar-refractivity contribution in [3.8, 4) is 0 Å². The van der Waals surface area contributed by atoms with Crippen molar-refractivity contribution in [2.45, 2.75) is 112 Å². The van der Waals surface area contributed by atoms with E-state index in [0.717, 1.165) is 31.1 Å². The van der Waals surface area contributed by atoms with Gasteiger partial charge < -0.3 is 5.11 Å². The van der Waals surface area contributed by atoms with Gasteiger partial charge in [0.1, 0.15) is 0 Å². The van der Waals surface area contributed by atoms with Gasteiger partial charge in [0.15, 0.2) is 0 Å². The van der Waals surface area contributed by atoms with Crippen LogP contribution in [0.3, 0.4) is 0 Å². The first-order chi connectivity index (χ1) is 14.8. The highest BCUT2D eigenvalue weighted by Gasteiger charge is 2.70. The minimum atomic E-state index is -0.541. The molecule has 2 heteroatoms. The molecule has 0 unspecified atom stereocenters. The number of fused-ring (bicyclic) bond motifs is 7. The number of hydrogen-bond acceptors (Lipinski definition) is 1. The summed E-state index contributed by atoms with van der Waals surface area (Å²) in [4.78, 5) is 12.5. The summed E-state index contributed by atoms with van der Waals surface area (Å²) in [7, 11) is 0. The molecule has 0 amide bonds. The molecule has 2 nitrogen and oxygen atoms in total. The Balaban J connectivity index is 1.55. The number of aliphatic carboxylic acids is 1. The van der Waals surface area contributed by atoms with E-state index in [0.29, 0.717) is 34.0 Å². The van der Waals surface area contributed by atoms with Crippen molar-refractivity contribution in [3.63, 3.8) is 0 Å². The third kappa shape index (κ3) is 2.62. The maximum atomic E-state index is 12.5. The van der Waals surface area contributed by atoms with Crippen LogP contribution in [0.4, 0.5) is 0 Å². The third-order valence-corrected chi connectivity index (χ3v) is 13.4. The van der Waals surface area contributed by atoms with Crippen LogP contribution in [0.25, 0.3) is 0 Å². The van der Waals surface area contributed by atoms with E-state index in [1.54, 1.807) is 0 Å². The van der Waals surface area contributed by atoms with Crippen LogP contribution in [0.1, 0.15) is 112 Å². The fourth-order valence-electron chi connectivity index (χ4n) is 11.5. The lowest BCUT2D eigenvalue weighted by Gasteiger charge is -2.72. The Morgan fingerprint density at radius 1 is 0.812 bits per heavy atom. The number of carboxylic acids is 1. The predicted octanol–water partition coefficient (Wildman–Crippen LogP) is 8.12. The molecule has 10 atom stereocenters. The average Bonchev–Trinajstić information content (AvgIpc) is 3.06. The highest BCUT2D eigenvalue weighted by atomic mass is 16.4. The minimum absolute atomic E-state index is 0.177. The van der Waals surface area contributed by atoms with Crippen LogP contribution >= 0.6 is 0 Å². The first-order valence-corrected chi connectivity index (χ1v) is 13.7. The molecule has 0 aromatic heterocycles. The molecule has 5 saturated carbocycles. The molecule has 1 N–H and O–H groups in total. The van der Waals surface area contributed by atoms with E-state index in [1.165, 1.54) is 56.9 Å². The van der Waals surface area contributed by atoms with E-state index in [2.05, 4.69) is 48.1 Å². The standard InChI is InChI=1S/C30H48O2/c1-19(2)20-11-15-26(3)17-18-29(6)21(24(20)26)9-10-23-27(4)13-8-14-28(5,25(31)32)22(27)12-16-30(23,29)7/h20-24H,1,8-18H2,2-7H3,(H,31,32)/t20-,21+,22+,23+,24+,26+,27-,28-,29+,30+/m0/s1. The number of carboxylic acid groups (broad SMARTS) is 1. The van der Waals surface area contributed by atoms with Crippen molar-refractivity contribution in [1.29, 1.82) is 0 Å². The third-order valence-electron chi connectivity index (χ3n) is 13.4. The fourth-order valence-corrected chi connectivity index (χ4v) is 11.5. The summed E-state index contributed by atoms with van der Waals surface area (Å²) >= 11 is 0. The largest absolute Gasteiger partial charge is 0.481 e. The normalized spacial score (nSPS) is 57.0. The fraction of sp³-hybridized carbons (Fsp3) is 0.900. The summed E-state index contributed by atoms with van der Waals surface area (Å²) in [6, 6.07) is 0. The highest BCUT2D eigenvalue weighted by Crippen LogP contribution is 2.77. The SMILES string of the molecule is C=C(C)[C@@H]1CC[C@]2(C)CC[C@]3(C)[C@H](CC[C@@H]4[C@@]5(C)CCC[C@](C)(C(=O)O)[C@@H]5CC[C@]43C)[C@@H]12. The second-order valence-corrected chi connectivity index (χ2v) is 14.4. The molecule has 0 saturated heterocycles. The summed E-state index contributed by atoms with van der Waals surface area (Å²) in [5.41, 5.74) is 2.29. The van der Waals surface area contributed by atoms with Crippen LogP contribution in [0.5, 0.6) is 0 Å². The second-order valence-electron chi connectivity index (χ2n) is 14.4. The van der Waals surface area contributed by atoms with E-state index >= 15 is 0 Å². The van der Waals surface area contributed by atoms with Gasteiger partial charge in [0, 0.05) is 0 Å². The van der Waals surface area contributed by atoms with Gasteiger partial charge in [-0.3, -0.25) is 4.79 Å². The number of carbonyl (C=O) groups is 1. The number of allylic oxidation sites excluding steroid dienone is 1. The summed E-state index contributed by atoms with van der Waals surface area (Å²) in [6.45, 7) is 19.3. The molecule has 0 radical (unpaired) electrons. The van der Waals surface area contributed by atoms with Crippen molar-refractivity contribution in [2.75, 3.05) is 0 Å². The van der Waals surface area contributed by atoms with Crippen molar-refractivity contribution >= 4 is 5.97 Å². The molecule has 32 heavy (non-hydrogen) atoms. The van der Waals surface area contributed by atoms with Crippen LogP contribution in [0, 0.1) is 56.7 Å². The molecule has 5 aliphatic rings.